The van der Waals surface area contributed by atoms with Gasteiger partial charge in [0.2, 0.25) is 0 Å². The number of sulfonamides is 1. The smallest absolute Gasteiger partial charge is 0.261 e. The van der Waals surface area contributed by atoms with Crippen molar-refractivity contribution < 1.29 is 17.9 Å². The maximum atomic E-state index is 12.8. The Morgan fingerprint density at radius 1 is 1.09 bits per heavy atom. The van der Waals surface area contributed by atoms with E-state index in [9.17, 15) is 8.42 Å². The molecule has 0 aromatic heterocycles. The molecule has 0 fully saturated rings. The first-order valence-electron chi connectivity index (χ1n) is 11.0. The summed E-state index contributed by atoms with van der Waals surface area (Å²) in [7, 11) is -3.69. The SMILES string of the molecule is Cc1ccc(S(=O)(=O)Nc2ccc3c(c2)OC(C)(C)[C@H](OC(CN)c2ccccc2)C3)cc1. The molecule has 4 rings (SSSR count). The Hall–Kier alpha value is -2.87. The number of anilines is 1. The van der Waals surface area contributed by atoms with E-state index in [1.54, 1.807) is 36.4 Å². The molecule has 0 radical (unpaired) electrons. The Morgan fingerprint density at radius 2 is 1.79 bits per heavy atom. The summed E-state index contributed by atoms with van der Waals surface area (Å²) in [6.07, 6.45) is 0.187. The van der Waals surface area contributed by atoms with Crippen molar-refractivity contribution in [2.45, 2.75) is 49.9 Å². The molecule has 174 valence electrons. The lowest BCUT2D eigenvalue weighted by Gasteiger charge is -2.41. The van der Waals surface area contributed by atoms with Crippen molar-refractivity contribution in [2.24, 2.45) is 5.73 Å². The molecule has 3 aromatic carbocycles. The Labute approximate surface area is 195 Å². The highest BCUT2D eigenvalue weighted by Crippen LogP contribution is 2.38. The van der Waals surface area contributed by atoms with Gasteiger partial charge in [0, 0.05) is 19.0 Å². The maximum Gasteiger partial charge on any atom is 0.261 e. The van der Waals surface area contributed by atoms with Gasteiger partial charge >= 0.3 is 0 Å². The molecule has 7 heteroatoms. The van der Waals surface area contributed by atoms with Gasteiger partial charge in [0.15, 0.2) is 0 Å². The fraction of sp³-hybridized carbons (Fsp3) is 0.308. The largest absolute Gasteiger partial charge is 0.485 e. The van der Waals surface area contributed by atoms with Gasteiger partial charge in [-0.1, -0.05) is 54.1 Å². The van der Waals surface area contributed by atoms with Crippen molar-refractivity contribution in [1.82, 2.24) is 0 Å². The van der Waals surface area contributed by atoms with Gasteiger partial charge in [-0.25, -0.2) is 8.42 Å². The van der Waals surface area contributed by atoms with Crippen molar-refractivity contribution in [1.29, 1.82) is 0 Å². The van der Waals surface area contributed by atoms with E-state index >= 15 is 0 Å². The Balaban J connectivity index is 1.53. The summed E-state index contributed by atoms with van der Waals surface area (Å²) in [6, 6.07) is 22.0. The molecule has 1 aliphatic heterocycles. The lowest BCUT2D eigenvalue weighted by atomic mass is 9.90. The second-order valence-electron chi connectivity index (χ2n) is 8.91. The van der Waals surface area contributed by atoms with Gasteiger partial charge in [-0.3, -0.25) is 4.72 Å². The van der Waals surface area contributed by atoms with Crippen LogP contribution in [0.4, 0.5) is 5.69 Å². The van der Waals surface area contributed by atoms with Crippen LogP contribution in [0.5, 0.6) is 5.75 Å². The summed E-state index contributed by atoms with van der Waals surface area (Å²) in [5, 5.41) is 0. The zero-order chi connectivity index (χ0) is 23.6. The number of nitrogens with two attached hydrogens (primary N) is 1. The van der Waals surface area contributed by atoms with Crippen molar-refractivity contribution in [3.05, 3.63) is 89.5 Å². The molecular formula is C26H30N2O4S. The second-order valence-corrected chi connectivity index (χ2v) is 10.6. The molecule has 33 heavy (non-hydrogen) atoms. The third-order valence-electron chi connectivity index (χ3n) is 5.92. The first kappa shape index (κ1) is 23.3. The van der Waals surface area contributed by atoms with E-state index in [0.29, 0.717) is 24.4 Å². The topological polar surface area (TPSA) is 90.7 Å². The predicted molar refractivity (Wildman–Crippen MR) is 130 cm³/mol. The molecule has 3 N–H and O–H groups in total. The molecule has 6 nitrogen and oxygen atoms in total. The monoisotopic (exact) mass is 466 g/mol. The molecule has 1 heterocycles. The summed E-state index contributed by atoms with van der Waals surface area (Å²) in [6.45, 7) is 6.23. The molecule has 0 spiro atoms. The number of fused-ring (bicyclic) bond motifs is 1. The average Bonchev–Trinajstić information content (AvgIpc) is 2.78. The molecule has 0 amide bonds. The van der Waals surface area contributed by atoms with Gasteiger partial charge in [-0.05, 0) is 50.1 Å². The maximum absolute atomic E-state index is 12.8. The van der Waals surface area contributed by atoms with E-state index in [1.807, 2.05) is 57.2 Å². The number of benzene rings is 3. The Morgan fingerprint density at radius 3 is 2.45 bits per heavy atom. The molecular weight excluding hydrogens is 436 g/mol. The van der Waals surface area contributed by atoms with E-state index in [2.05, 4.69) is 4.72 Å². The van der Waals surface area contributed by atoms with E-state index in [-0.39, 0.29) is 17.1 Å². The second kappa shape index (κ2) is 9.17. The zero-order valence-corrected chi connectivity index (χ0v) is 19.9. The van der Waals surface area contributed by atoms with Crippen molar-refractivity contribution in [3.8, 4) is 5.75 Å². The lowest BCUT2D eigenvalue weighted by molar-refractivity contribution is -0.113. The molecule has 0 saturated carbocycles. The Bertz CT molecular complexity index is 1210. The molecule has 0 bridgehead atoms. The number of nitrogens with one attached hydrogen (secondary N) is 1. The summed E-state index contributed by atoms with van der Waals surface area (Å²) >= 11 is 0. The van der Waals surface area contributed by atoms with Crippen LogP contribution in [0.15, 0.2) is 77.7 Å². The third kappa shape index (κ3) is 5.21. The molecule has 0 saturated heterocycles. The van der Waals surface area contributed by atoms with Crippen LogP contribution in [0, 0.1) is 6.92 Å². The van der Waals surface area contributed by atoms with Crippen LogP contribution in [-0.4, -0.2) is 26.7 Å². The van der Waals surface area contributed by atoms with Crippen LogP contribution < -0.4 is 15.2 Å². The number of ether oxygens (including phenoxy) is 2. The van der Waals surface area contributed by atoms with Crippen LogP contribution in [-0.2, 0) is 21.2 Å². The van der Waals surface area contributed by atoms with Crippen LogP contribution in [0.25, 0.3) is 0 Å². The molecule has 1 unspecified atom stereocenters. The van der Waals surface area contributed by atoms with Crippen molar-refractivity contribution >= 4 is 15.7 Å². The Kier molecular flexibility index (Phi) is 6.47. The van der Waals surface area contributed by atoms with Crippen molar-refractivity contribution in [3.63, 3.8) is 0 Å². The number of hydrogen-bond donors (Lipinski definition) is 2. The van der Waals surface area contributed by atoms with E-state index in [4.69, 9.17) is 15.2 Å². The summed E-state index contributed by atoms with van der Waals surface area (Å²) < 4.78 is 40.9. The minimum atomic E-state index is -3.69. The van der Waals surface area contributed by atoms with E-state index < -0.39 is 15.6 Å². The average molecular weight is 467 g/mol. The van der Waals surface area contributed by atoms with Gasteiger partial charge in [0.25, 0.3) is 10.0 Å². The van der Waals surface area contributed by atoms with Gasteiger partial charge in [0.05, 0.1) is 16.7 Å². The normalized spacial score (nSPS) is 18.1. The standard InChI is InChI=1S/C26H30N2O4S/c1-18-9-13-22(14-10-18)33(29,30)28-21-12-11-20-15-25(26(2,3)32-23(20)16-21)31-24(17-27)19-7-5-4-6-8-19/h4-14,16,24-25,28H,15,17,27H2,1-3H3/t24?,25-/m1/s1. The van der Waals surface area contributed by atoms with Crippen LogP contribution in [0.2, 0.25) is 0 Å². The number of hydrogen-bond acceptors (Lipinski definition) is 5. The minimum Gasteiger partial charge on any atom is -0.485 e. The summed E-state index contributed by atoms with van der Waals surface area (Å²) in [5.41, 5.74) is 8.83. The van der Waals surface area contributed by atoms with Crippen LogP contribution in [0.1, 0.15) is 36.6 Å². The highest BCUT2D eigenvalue weighted by Gasteiger charge is 2.39. The fourth-order valence-corrected chi connectivity index (χ4v) is 5.01. The molecule has 1 aliphatic rings. The van der Waals surface area contributed by atoms with Gasteiger partial charge in [-0.2, -0.15) is 0 Å². The number of aryl methyl sites for hydroxylation is 1. The quantitative estimate of drug-likeness (QED) is 0.531. The minimum absolute atomic E-state index is 0.214. The lowest BCUT2D eigenvalue weighted by Crippen LogP contribution is -2.48. The first-order valence-corrected chi connectivity index (χ1v) is 12.5. The third-order valence-corrected chi connectivity index (χ3v) is 7.32. The molecule has 2 atom stereocenters. The van der Waals surface area contributed by atoms with E-state index in [1.165, 1.54) is 0 Å². The summed E-state index contributed by atoms with van der Waals surface area (Å²) in [4.78, 5) is 0.217. The first-order chi connectivity index (χ1) is 15.7. The predicted octanol–water partition coefficient (Wildman–Crippen LogP) is 4.59. The molecule has 3 aromatic rings. The van der Waals surface area contributed by atoms with Crippen LogP contribution in [0.3, 0.4) is 0 Å². The fourth-order valence-electron chi connectivity index (χ4n) is 3.96. The summed E-state index contributed by atoms with van der Waals surface area (Å²) in [5.74, 6) is 0.646. The molecule has 0 aliphatic carbocycles. The highest BCUT2D eigenvalue weighted by atomic mass is 32.2. The van der Waals surface area contributed by atoms with Gasteiger partial charge < -0.3 is 15.2 Å². The highest BCUT2D eigenvalue weighted by molar-refractivity contribution is 7.92. The zero-order valence-electron chi connectivity index (χ0n) is 19.1. The van der Waals surface area contributed by atoms with Crippen molar-refractivity contribution in [2.75, 3.05) is 11.3 Å². The van der Waals surface area contributed by atoms with Gasteiger partial charge in [-0.15, -0.1) is 0 Å². The number of rotatable bonds is 7. The van der Waals surface area contributed by atoms with Gasteiger partial charge in [0.1, 0.15) is 17.5 Å². The van der Waals surface area contributed by atoms with Crippen LogP contribution >= 0.6 is 0 Å². The van der Waals surface area contributed by atoms with E-state index in [0.717, 1.165) is 16.7 Å².